The van der Waals surface area contributed by atoms with Crippen molar-refractivity contribution in [1.29, 1.82) is 0 Å². The van der Waals surface area contributed by atoms with Gasteiger partial charge in [0, 0.05) is 0 Å². The van der Waals surface area contributed by atoms with Crippen LogP contribution in [0.5, 0.6) is 11.5 Å². The van der Waals surface area contributed by atoms with Crippen molar-refractivity contribution in [3.05, 3.63) is 85.0 Å². The van der Waals surface area contributed by atoms with Gasteiger partial charge in [0.05, 0.1) is 26.4 Å². The highest BCUT2D eigenvalue weighted by Crippen LogP contribution is 2.49. The molecule has 0 saturated carbocycles. The van der Waals surface area contributed by atoms with Crippen LogP contribution in [0.1, 0.15) is 11.1 Å². The minimum atomic E-state index is -3.70. The van der Waals surface area contributed by atoms with Crippen molar-refractivity contribution in [3.8, 4) is 11.5 Å². The summed E-state index contributed by atoms with van der Waals surface area (Å²) in [6.45, 7) is 6.98. The molecule has 0 atom stereocenters. The van der Waals surface area contributed by atoms with E-state index in [1.807, 2.05) is 0 Å². The van der Waals surface area contributed by atoms with Gasteiger partial charge in [0.1, 0.15) is 11.5 Å². The van der Waals surface area contributed by atoms with Gasteiger partial charge in [-0.2, -0.15) is 0 Å². The van der Waals surface area contributed by atoms with E-state index < -0.39 is 7.82 Å². The average molecular weight is 408 g/mol. The molecule has 0 unspecified atom stereocenters. The molecule has 152 valence electrons. The number of hydrogen-bond donors (Lipinski definition) is 3. The summed E-state index contributed by atoms with van der Waals surface area (Å²) in [6.07, 6.45) is 2.89. The van der Waals surface area contributed by atoms with Crippen LogP contribution in [0.4, 0.5) is 0 Å². The van der Waals surface area contributed by atoms with Gasteiger partial charge in [0.2, 0.25) is 0 Å². The Kier molecular flexibility index (Phi) is 10.9. The number of benzene rings is 2. The number of aliphatic hydroxyl groups excluding tert-OH is 2. The smallest absolute Gasteiger partial charge is 0.508 e. The van der Waals surface area contributed by atoms with Gasteiger partial charge < -0.3 is 19.8 Å². The molecule has 2 rings (SSSR count). The summed E-state index contributed by atoms with van der Waals surface area (Å²) < 4.78 is 27.6. The summed E-state index contributed by atoms with van der Waals surface area (Å²) in [5.41, 5.74) is 1.54. The molecule has 2 aromatic carbocycles. The molecule has 0 aliphatic carbocycles. The third-order valence-corrected chi connectivity index (χ3v) is 4.51. The lowest BCUT2D eigenvalue weighted by Crippen LogP contribution is -2.03. The van der Waals surface area contributed by atoms with Crippen molar-refractivity contribution in [2.75, 3.05) is 13.2 Å². The lowest BCUT2D eigenvalue weighted by atomic mass is 10.2. The maximum absolute atomic E-state index is 12.2. The summed E-state index contributed by atoms with van der Waals surface area (Å²) in [4.78, 5) is 0. The summed E-state index contributed by atoms with van der Waals surface area (Å²) in [5.74, 6) is 0.556. The topological polar surface area (TPSA) is 105 Å². The lowest BCUT2D eigenvalue weighted by molar-refractivity contribution is 0.180. The minimum Gasteiger partial charge on any atom is -0.508 e. The summed E-state index contributed by atoms with van der Waals surface area (Å²) in [5, 5.41) is 26.2. The predicted octanol–water partition coefficient (Wildman–Crippen LogP) is 3.96. The molecule has 0 heterocycles. The number of phosphoric acid groups is 1. The van der Waals surface area contributed by atoms with E-state index in [1.54, 1.807) is 48.5 Å². The van der Waals surface area contributed by atoms with Crippen LogP contribution >= 0.6 is 7.82 Å². The molecule has 0 radical (unpaired) electrons. The number of phenols is 1. The van der Waals surface area contributed by atoms with Crippen LogP contribution in [0, 0.1) is 0 Å². The maximum atomic E-state index is 12.2. The molecular weight excluding hydrogens is 383 g/mol. The molecule has 0 aliphatic rings. The summed E-state index contributed by atoms with van der Waals surface area (Å²) in [7, 11) is -3.70. The van der Waals surface area contributed by atoms with Crippen LogP contribution in [0.15, 0.2) is 73.8 Å². The van der Waals surface area contributed by atoms with Gasteiger partial charge in [0.25, 0.3) is 0 Å². The molecule has 0 spiro atoms. The number of aliphatic hydroxyl groups is 2. The zero-order valence-corrected chi connectivity index (χ0v) is 16.3. The van der Waals surface area contributed by atoms with E-state index in [4.69, 9.17) is 28.9 Å². The van der Waals surface area contributed by atoms with Gasteiger partial charge in [-0.3, -0.25) is 9.05 Å². The second-order valence-electron chi connectivity index (χ2n) is 5.33. The van der Waals surface area contributed by atoms with Crippen LogP contribution in [0.25, 0.3) is 0 Å². The summed E-state index contributed by atoms with van der Waals surface area (Å²) in [6, 6.07) is 12.9. The first-order valence-electron chi connectivity index (χ1n) is 8.35. The second kappa shape index (κ2) is 12.9. The molecule has 28 heavy (non-hydrogen) atoms. The molecular formula is C20H25O7P. The van der Waals surface area contributed by atoms with Gasteiger partial charge in [0.15, 0.2) is 0 Å². The van der Waals surface area contributed by atoms with Crippen molar-refractivity contribution in [3.63, 3.8) is 0 Å². The van der Waals surface area contributed by atoms with E-state index in [9.17, 15) is 4.57 Å². The Morgan fingerprint density at radius 3 is 1.64 bits per heavy atom. The van der Waals surface area contributed by atoms with Crippen molar-refractivity contribution in [2.24, 2.45) is 0 Å². The minimum absolute atomic E-state index is 0.0281. The number of aromatic hydroxyl groups is 1. The molecule has 0 fully saturated rings. The van der Waals surface area contributed by atoms with Crippen molar-refractivity contribution >= 4 is 7.82 Å². The third kappa shape index (κ3) is 8.99. The van der Waals surface area contributed by atoms with E-state index in [2.05, 4.69) is 13.2 Å². The number of phosphoric ester groups is 1. The first kappa shape index (κ1) is 23.6. The molecule has 0 saturated heterocycles. The van der Waals surface area contributed by atoms with Crippen molar-refractivity contribution in [2.45, 2.75) is 13.2 Å². The van der Waals surface area contributed by atoms with Crippen molar-refractivity contribution < 1.29 is 33.5 Å². The van der Waals surface area contributed by atoms with Gasteiger partial charge in [-0.25, -0.2) is 4.57 Å². The molecule has 8 heteroatoms. The zero-order valence-electron chi connectivity index (χ0n) is 15.4. The molecule has 0 aromatic heterocycles. The first-order chi connectivity index (χ1) is 13.5. The molecule has 7 nitrogen and oxygen atoms in total. The van der Waals surface area contributed by atoms with Gasteiger partial charge in [-0.1, -0.05) is 36.4 Å². The molecule has 0 aliphatic heterocycles. The standard InChI is InChI=1S/C13H17O5P.C7H8O2/c1-3-9-16-19(15,17-10-4-2)18-13-7-5-12(11-14)6-8-13;8-5-6-1-3-7(9)4-2-6/h3-8,14H,1-2,9-11H2;1-4,8-9H,5H2. The van der Waals surface area contributed by atoms with Crippen molar-refractivity contribution in [1.82, 2.24) is 0 Å². The summed E-state index contributed by atoms with van der Waals surface area (Å²) >= 11 is 0. The maximum Gasteiger partial charge on any atom is 0.530 e. The fraction of sp³-hybridized carbons (Fsp3) is 0.200. The molecule has 3 N–H and O–H groups in total. The number of rotatable bonds is 10. The van der Waals surface area contributed by atoms with Crippen LogP contribution in [-0.4, -0.2) is 28.5 Å². The Labute approximate surface area is 164 Å². The zero-order chi connectivity index (χ0) is 20.8. The fourth-order valence-corrected chi connectivity index (χ4v) is 2.90. The Morgan fingerprint density at radius 1 is 0.821 bits per heavy atom. The van der Waals surface area contributed by atoms with E-state index in [-0.39, 0.29) is 32.2 Å². The highest BCUT2D eigenvalue weighted by molar-refractivity contribution is 7.48. The second-order valence-corrected chi connectivity index (χ2v) is 6.93. The van der Waals surface area contributed by atoms with Gasteiger partial charge >= 0.3 is 7.82 Å². The molecule has 0 bridgehead atoms. The largest absolute Gasteiger partial charge is 0.530 e. The van der Waals surface area contributed by atoms with Crippen LogP contribution in [0.3, 0.4) is 0 Å². The van der Waals surface area contributed by atoms with E-state index in [0.717, 1.165) is 11.1 Å². The molecule has 2 aromatic rings. The van der Waals surface area contributed by atoms with Gasteiger partial charge in [-0.15, -0.1) is 13.2 Å². The van der Waals surface area contributed by atoms with E-state index in [1.165, 1.54) is 12.2 Å². The first-order valence-corrected chi connectivity index (χ1v) is 9.81. The SMILES string of the molecule is C=CCOP(=O)(OCC=C)Oc1ccc(CO)cc1.OCc1ccc(O)cc1. The quantitative estimate of drug-likeness (QED) is 0.404. The lowest BCUT2D eigenvalue weighted by Gasteiger charge is -2.17. The third-order valence-electron chi connectivity index (χ3n) is 3.14. The monoisotopic (exact) mass is 408 g/mol. The number of hydrogen-bond acceptors (Lipinski definition) is 7. The average Bonchev–Trinajstić information content (AvgIpc) is 2.72. The Balaban J connectivity index is 0.000000362. The Hall–Kier alpha value is -2.41. The fourth-order valence-electron chi connectivity index (χ4n) is 1.76. The normalized spacial score (nSPS) is 10.5. The van der Waals surface area contributed by atoms with Gasteiger partial charge in [-0.05, 0) is 35.4 Å². The predicted molar refractivity (Wildman–Crippen MR) is 107 cm³/mol. The molecule has 0 amide bonds. The van der Waals surface area contributed by atoms with Crippen LogP contribution in [-0.2, 0) is 26.8 Å². The Bertz CT molecular complexity index is 741. The number of phenolic OH excluding ortho intramolecular Hbond substituents is 1. The highest BCUT2D eigenvalue weighted by Gasteiger charge is 2.27. The highest BCUT2D eigenvalue weighted by atomic mass is 31.2. The van der Waals surface area contributed by atoms with E-state index in [0.29, 0.717) is 5.75 Å². The van der Waals surface area contributed by atoms with Crippen LogP contribution in [0.2, 0.25) is 0 Å². The van der Waals surface area contributed by atoms with E-state index >= 15 is 0 Å². The van der Waals surface area contributed by atoms with Crippen LogP contribution < -0.4 is 4.52 Å². The Morgan fingerprint density at radius 2 is 1.25 bits per heavy atom.